The first-order chi connectivity index (χ1) is 5.54. The zero-order chi connectivity index (χ0) is 9.61. The third-order valence-corrected chi connectivity index (χ3v) is 2.50. The van der Waals surface area contributed by atoms with Crippen LogP contribution in [0.4, 0.5) is 0 Å². The highest BCUT2D eigenvalue weighted by molar-refractivity contribution is 4.81. The molecule has 2 atom stereocenters. The molecule has 0 heterocycles. The van der Waals surface area contributed by atoms with Crippen molar-refractivity contribution in [2.75, 3.05) is 6.54 Å². The van der Waals surface area contributed by atoms with Crippen molar-refractivity contribution in [2.45, 2.75) is 52.6 Å². The predicted molar refractivity (Wildman–Crippen MR) is 55.0 cm³/mol. The van der Waals surface area contributed by atoms with Gasteiger partial charge >= 0.3 is 0 Å². The Kier molecular flexibility index (Phi) is 5.51. The number of hydrogen-bond acceptors (Lipinski definition) is 2. The third-order valence-electron chi connectivity index (χ3n) is 2.50. The predicted octanol–water partition coefficient (Wildman–Crippen LogP) is 2.10. The molecule has 3 N–H and O–H groups in total. The molecular formula is C10H24N2. The van der Waals surface area contributed by atoms with E-state index in [1.807, 2.05) is 0 Å². The van der Waals surface area contributed by atoms with E-state index in [9.17, 15) is 0 Å². The molecule has 0 saturated carbocycles. The third kappa shape index (κ3) is 4.07. The van der Waals surface area contributed by atoms with Gasteiger partial charge in [0.1, 0.15) is 0 Å². The van der Waals surface area contributed by atoms with Crippen molar-refractivity contribution in [3.63, 3.8) is 0 Å². The van der Waals surface area contributed by atoms with Crippen molar-refractivity contribution in [1.29, 1.82) is 0 Å². The minimum atomic E-state index is -0.188. The highest BCUT2D eigenvalue weighted by Crippen LogP contribution is 2.16. The second kappa shape index (κ2) is 5.55. The lowest BCUT2D eigenvalue weighted by Crippen LogP contribution is -2.55. The van der Waals surface area contributed by atoms with Crippen LogP contribution >= 0.6 is 0 Å². The van der Waals surface area contributed by atoms with Gasteiger partial charge in [-0.1, -0.05) is 27.2 Å². The average molecular weight is 172 g/mol. The summed E-state index contributed by atoms with van der Waals surface area (Å²) in [7, 11) is 0. The summed E-state index contributed by atoms with van der Waals surface area (Å²) in [6.45, 7) is 9.68. The molecule has 2 heteroatoms. The van der Waals surface area contributed by atoms with E-state index in [-0.39, 0.29) is 5.66 Å². The lowest BCUT2D eigenvalue weighted by Gasteiger charge is -2.32. The van der Waals surface area contributed by atoms with Crippen molar-refractivity contribution in [2.24, 2.45) is 11.7 Å². The molecule has 0 saturated heterocycles. The Balaban J connectivity index is 3.81. The van der Waals surface area contributed by atoms with E-state index in [4.69, 9.17) is 5.73 Å². The fourth-order valence-corrected chi connectivity index (χ4v) is 1.30. The van der Waals surface area contributed by atoms with Crippen LogP contribution in [0.1, 0.15) is 47.0 Å². The molecule has 0 bridgehead atoms. The molecule has 0 aliphatic rings. The van der Waals surface area contributed by atoms with Crippen LogP contribution in [0.3, 0.4) is 0 Å². The van der Waals surface area contributed by atoms with E-state index in [1.54, 1.807) is 0 Å². The van der Waals surface area contributed by atoms with Crippen molar-refractivity contribution in [1.82, 2.24) is 5.32 Å². The summed E-state index contributed by atoms with van der Waals surface area (Å²) in [6, 6.07) is 0. The zero-order valence-corrected chi connectivity index (χ0v) is 8.98. The lowest BCUT2D eigenvalue weighted by molar-refractivity contribution is 0.240. The molecular weight excluding hydrogens is 148 g/mol. The fraction of sp³-hybridized carbons (Fsp3) is 1.00. The maximum atomic E-state index is 6.12. The molecule has 0 aromatic carbocycles. The Morgan fingerprint density at radius 1 is 1.33 bits per heavy atom. The number of nitrogens with two attached hydrogens (primary N) is 1. The van der Waals surface area contributed by atoms with Crippen LogP contribution in [0.5, 0.6) is 0 Å². The summed E-state index contributed by atoms with van der Waals surface area (Å²) in [5, 5.41) is 3.37. The second-order valence-electron chi connectivity index (χ2n) is 3.90. The molecule has 0 spiro atoms. The van der Waals surface area contributed by atoms with Gasteiger partial charge in [0.2, 0.25) is 0 Å². The number of nitrogens with one attached hydrogen (secondary N) is 1. The quantitative estimate of drug-likeness (QED) is 0.602. The highest BCUT2D eigenvalue weighted by atomic mass is 15.1. The lowest BCUT2D eigenvalue weighted by atomic mass is 9.92. The van der Waals surface area contributed by atoms with Crippen LogP contribution < -0.4 is 11.1 Å². The molecule has 0 aromatic rings. The Morgan fingerprint density at radius 3 is 2.33 bits per heavy atom. The van der Waals surface area contributed by atoms with Crippen LogP contribution in [-0.2, 0) is 0 Å². The molecule has 0 radical (unpaired) electrons. The highest BCUT2D eigenvalue weighted by Gasteiger charge is 2.24. The first kappa shape index (κ1) is 11.9. The van der Waals surface area contributed by atoms with Gasteiger partial charge in [0.05, 0.1) is 5.66 Å². The van der Waals surface area contributed by atoms with Crippen molar-refractivity contribution < 1.29 is 0 Å². The van der Waals surface area contributed by atoms with Gasteiger partial charge in [-0.05, 0) is 32.2 Å². The molecule has 2 nitrogen and oxygen atoms in total. The monoisotopic (exact) mass is 172 g/mol. The zero-order valence-electron chi connectivity index (χ0n) is 8.98. The minimum Gasteiger partial charge on any atom is -0.313 e. The van der Waals surface area contributed by atoms with E-state index in [0.29, 0.717) is 5.92 Å². The summed E-state index contributed by atoms with van der Waals surface area (Å²) in [6.07, 6.45) is 3.55. The van der Waals surface area contributed by atoms with Crippen LogP contribution in [0.2, 0.25) is 0 Å². The van der Waals surface area contributed by atoms with Gasteiger partial charge in [-0.3, -0.25) is 5.32 Å². The summed E-state index contributed by atoms with van der Waals surface area (Å²) in [5.41, 5.74) is 5.93. The molecule has 0 aromatic heterocycles. The smallest absolute Gasteiger partial charge is 0.0659 e. The van der Waals surface area contributed by atoms with Gasteiger partial charge in [0.15, 0.2) is 0 Å². The maximum Gasteiger partial charge on any atom is 0.0659 e. The largest absolute Gasteiger partial charge is 0.313 e. The topological polar surface area (TPSA) is 38.0 Å². The van der Waals surface area contributed by atoms with E-state index in [2.05, 4.69) is 33.0 Å². The maximum absolute atomic E-state index is 6.12. The van der Waals surface area contributed by atoms with Crippen molar-refractivity contribution in [3.8, 4) is 0 Å². The van der Waals surface area contributed by atoms with E-state index >= 15 is 0 Å². The first-order valence-electron chi connectivity index (χ1n) is 5.08. The van der Waals surface area contributed by atoms with Crippen LogP contribution in [-0.4, -0.2) is 12.2 Å². The van der Waals surface area contributed by atoms with Gasteiger partial charge in [0, 0.05) is 0 Å². The standard InChI is InChI=1S/C10H24N2/c1-5-7-9(3)10(4,11)12-8-6-2/h9,12H,5-8,11H2,1-4H3. The molecule has 0 rings (SSSR count). The minimum absolute atomic E-state index is 0.188. The van der Waals surface area contributed by atoms with E-state index in [1.165, 1.54) is 12.8 Å². The molecule has 74 valence electrons. The SMILES string of the molecule is CCCNC(C)(N)C(C)CCC. The Morgan fingerprint density at radius 2 is 1.92 bits per heavy atom. The molecule has 0 aliphatic heterocycles. The Bertz CT molecular complexity index is 110. The van der Waals surface area contributed by atoms with Crippen LogP contribution in [0.25, 0.3) is 0 Å². The molecule has 2 unspecified atom stereocenters. The van der Waals surface area contributed by atoms with E-state index in [0.717, 1.165) is 13.0 Å². The first-order valence-corrected chi connectivity index (χ1v) is 5.08. The molecule has 0 amide bonds. The van der Waals surface area contributed by atoms with Gasteiger partial charge in [0.25, 0.3) is 0 Å². The summed E-state index contributed by atoms with van der Waals surface area (Å²) >= 11 is 0. The number of hydrogen-bond donors (Lipinski definition) is 2. The summed E-state index contributed by atoms with van der Waals surface area (Å²) < 4.78 is 0. The Labute approximate surface area is 76.9 Å². The van der Waals surface area contributed by atoms with Crippen molar-refractivity contribution in [3.05, 3.63) is 0 Å². The van der Waals surface area contributed by atoms with Gasteiger partial charge < -0.3 is 5.73 Å². The Hall–Kier alpha value is -0.0800. The van der Waals surface area contributed by atoms with Crippen LogP contribution in [0.15, 0.2) is 0 Å². The second-order valence-corrected chi connectivity index (χ2v) is 3.90. The van der Waals surface area contributed by atoms with Gasteiger partial charge in [-0.2, -0.15) is 0 Å². The average Bonchev–Trinajstić information content (AvgIpc) is 2.01. The molecule has 12 heavy (non-hydrogen) atoms. The number of rotatable bonds is 6. The van der Waals surface area contributed by atoms with Gasteiger partial charge in [-0.25, -0.2) is 0 Å². The fourth-order valence-electron chi connectivity index (χ4n) is 1.30. The summed E-state index contributed by atoms with van der Waals surface area (Å²) in [4.78, 5) is 0. The normalized spacial score (nSPS) is 18.8. The van der Waals surface area contributed by atoms with Gasteiger partial charge in [-0.15, -0.1) is 0 Å². The summed E-state index contributed by atoms with van der Waals surface area (Å²) in [5.74, 6) is 0.550. The van der Waals surface area contributed by atoms with Crippen molar-refractivity contribution >= 4 is 0 Å². The van der Waals surface area contributed by atoms with E-state index < -0.39 is 0 Å². The molecule has 0 fully saturated rings. The van der Waals surface area contributed by atoms with Crippen LogP contribution in [0, 0.1) is 5.92 Å². The molecule has 0 aliphatic carbocycles.